The van der Waals surface area contributed by atoms with Crippen molar-refractivity contribution in [3.05, 3.63) is 100 Å². The predicted octanol–water partition coefficient (Wildman–Crippen LogP) is 4.64. The number of non-ortho nitro benzene ring substituents is 1. The molecular formula is C28H19F3N4O5. The Morgan fingerprint density at radius 1 is 0.875 bits per heavy atom. The SMILES string of the molecule is O=C(Nc1ccc([N+](=O)[O-])cc1)[C@@H]1[C@@H]2C(=O)N(c3ccccc3C(F)(F)F)C(=O)[C@@H]2[C@@H]2C=Cc3ccccc3N12. The number of anilines is 3. The minimum Gasteiger partial charge on any atom is -0.351 e. The topological polar surface area (TPSA) is 113 Å². The summed E-state index contributed by atoms with van der Waals surface area (Å²) in [6.45, 7) is 0. The first-order valence-corrected chi connectivity index (χ1v) is 12.2. The molecule has 6 rings (SSSR count). The van der Waals surface area contributed by atoms with Gasteiger partial charge in [0.25, 0.3) is 5.69 Å². The fourth-order valence-electron chi connectivity index (χ4n) is 5.84. The van der Waals surface area contributed by atoms with Crippen molar-refractivity contribution in [2.75, 3.05) is 15.1 Å². The van der Waals surface area contributed by atoms with Crippen LogP contribution in [-0.2, 0) is 20.6 Å². The highest BCUT2D eigenvalue weighted by atomic mass is 19.4. The molecule has 0 spiro atoms. The maximum absolute atomic E-state index is 13.9. The minimum absolute atomic E-state index is 0.190. The lowest BCUT2D eigenvalue weighted by Crippen LogP contribution is -2.50. The largest absolute Gasteiger partial charge is 0.418 e. The molecular weight excluding hydrogens is 529 g/mol. The number of hydrogen-bond donors (Lipinski definition) is 1. The molecule has 12 heteroatoms. The van der Waals surface area contributed by atoms with Crippen LogP contribution < -0.4 is 15.1 Å². The molecule has 3 aliphatic heterocycles. The van der Waals surface area contributed by atoms with Crippen molar-refractivity contribution in [2.45, 2.75) is 18.3 Å². The fraction of sp³-hybridized carbons (Fsp3) is 0.179. The van der Waals surface area contributed by atoms with E-state index in [4.69, 9.17) is 0 Å². The Hall–Kier alpha value is -5.00. The van der Waals surface area contributed by atoms with Gasteiger partial charge < -0.3 is 10.2 Å². The van der Waals surface area contributed by atoms with Crippen LogP contribution in [0, 0.1) is 22.0 Å². The number of fused-ring (bicyclic) bond motifs is 5. The van der Waals surface area contributed by atoms with Crippen molar-refractivity contribution in [2.24, 2.45) is 11.8 Å². The van der Waals surface area contributed by atoms with E-state index < -0.39 is 64.0 Å². The van der Waals surface area contributed by atoms with Gasteiger partial charge in [0, 0.05) is 23.5 Å². The molecule has 0 aliphatic carbocycles. The highest BCUT2D eigenvalue weighted by Gasteiger charge is 2.65. The zero-order valence-electron chi connectivity index (χ0n) is 20.4. The van der Waals surface area contributed by atoms with Gasteiger partial charge in [0.05, 0.1) is 34.1 Å². The zero-order chi connectivity index (χ0) is 28.3. The first-order valence-electron chi connectivity index (χ1n) is 12.2. The van der Waals surface area contributed by atoms with Gasteiger partial charge in [0.15, 0.2) is 0 Å². The van der Waals surface area contributed by atoms with E-state index >= 15 is 0 Å². The lowest BCUT2D eigenvalue weighted by atomic mass is 9.88. The van der Waals surface area contributed by atoms with Gasteiger partial charge in [-0.1, -0.05) is 42.5 Å². The molecule has 9 nitrogen and oxygen atoms in total. The first kappa shape index (κ1) is 25.3. The standard InChI is InChI=1S/C28H19F3N4O5/c29-28(30,31)18-6-2-4-8-20(18)34-26(37)22-21-14-9-15-5-1-3-7-19(15)33(21)24(23(22)27(34)38)25(36)32-16-10-12-17(13-11-16)35(39)40/h1-14,21-24H,(H,32,36)/t21-,22+,23+,24-/m0/s1. The maximum Gasteiger partial charge on any atom is 0.418 e. The van der Waals surface area contributed by atoms with Crippen molar-refractivity contribution < 1.29 is 32.5 Å². The van der Waals surface area contributed by atoms with Crippen LogP contribution in [0.1, 0.15) is 11.1 Å². The molecule has 3 aliphatic rings. The van der Waals surface area contributed by atoms with Gasteiger partial charge in [-0.2, -0.15) is 13.2 Å². The second kappa shape index (κ2) is 9.04. The summed E-state index contributed by atoms with van der Waals surface area (Å²) in [6.07, 6.45) is -1.38. The number of benzene rings is 3. The molecule has 2 saturated heterocycles. The Bertz CT molecular complexity index is 1600. The number of carbonyl (C=O) groups is 3. The number of nitrogens with zero attached hydrogens (tertiary/aromatic N) is 3. The number of hydrogen-bond acceptors (Lipinski definition) is 6. The van der Waals surface area contributed by atoms with E-state index in [-0.39, 0.29) is 11.4 Å². The molecule has 0 bridgehead atoms. The van der Waals surface area contributed by atoms with Crippen molar-refractivity contribution in [3.63, 3.8) is 0 Å². The number of amides is 3. The van der Waals surface area contributed by atoms with E-state index in [1.165, 1.54) is 36.4 Å². The van der Waals surface area contributed by atoms with Gasteiger partial charge in [-0.3, -0.25) is 24.5 Å². The Balaban J connectivity index is 1.43. The summed E-state index contributed by atoms with van der Waals surface area (Å²) in [5.74, 6) is -4.81. The van der Waals surface area contributed by atoms with Crippen LogP contribution in [0.5, 0.6) is 0 Å². The summed E-state index contributed by atoms with van der Waals surface area (Å²) in [4.78, 5) is 54.0. The van der Waals surface area contributed by atoms with Crippen molar-refractivity contribution in [1.82, 2.24) is 0 Å². The van der Waals surface area contributed by atoms with Gasteiger partial charge in [-0.25, -0.2) is 4.90 Å². The third kappa shape index (κ3) is 3.82. The monoisotopic (exact) mass is 548 g/mol. The molecule has 4 atom stereocenters. The van der Waals surface area contributed by atoms with Crippen molar-refractivity contribution in [1.29, 1.82) is 0 Å². The summed E-state index contributed by atoms with van der Waals surface area (Å²) in [5, 5.41) is 13.7. The third-order valence-electron chi connectivity index (χ3n) is 7.48. The summed E-state index contributed by atoms with van der Waals surface area (Å²) < 4.78 is 41.5. The summed E-state index contributed by atoms with van der Waals surface area (Å²) in [7, 11) is 0. The summed E-state index contributed by atoms with van der Waals surface area (Å²) in [6, 6.07) is 14.5. The maximum atomic E-state index is 13.9. The van der Waals surface area contributed by atoms with Gasteiger partial charge in [0.2, 0.25) is 17.7 Å². The van der Waals surface area contributed by atoms with Crippen LogP contribution in [0.2, 0.25) is 0 Å². The lowest BCUT2D eigenvalue weighted by Gasteiger charge is -2.36. The summed E-state index contributed by atoms with van der Waals surface area (Å²) >= 11 is 0. The number of nitro groups is 1. The molecule has 3 amide bonds. The minimum atomic E-state index is -4.82. The van der Waals surface area contributed by atoms with E-state index in [1.54, 1.807) is 41.3 Å². The fourth-order valence-corrected chi connectivity index (χ4v) is 5.84. The molecule has 0 unspecified atom stereocenters. The molecule has 40 heavy (non-hydrogen) atoms. The van der Waals surface area contributed by atoms with Crippen LogP contribution >= 0.6 is 0 Å². The average molecular weight is 548 g/mol. The molecule has 3 aromatic rings. The van der Waals surface area contributed by atoms with Gasteiger partial charge in [-0.05, 0) is 35.9 Å². The first-order chi connectivity index (χ1) is 19.1. The van der Waals surface area contributed by atoms with E-state index in [2.05, 4.69) is 5.32 Å². The Labute approximate surface area is 224 Å². The van der Waals surface area contributed by atoms with E-state index in [0.717, 1.165) is 17.7 Å². The van der Waals surface area contributed by atoms with Crippen LogP contribution in [0.25, 0.3) is 6.08 Å². The van der Waals surface area contributed by atoms with Crippen molar-refractivity contribution in [3.8, 4) is 0 Å². The second-order valence-corrected chi connectivity index (χ2v) is 9.63. The predicted molar refractivity (Wildman–Crippen MR) is 138 cm³/mol. The third-order valence-corrected chi connectivity index (χ3v) is 7.48. The highest BCUT2D eigenvalue weighted by molar-refractivity contribution is 6.25. The van der Waals surface area contributed by atoms with E-state index in [0.29, 0.717) is 10.6 Å². The average Bonchev–Trinajstić information content (AvgIpc) is 3.41. The molecule has 0 aromatic heterocycles. The normalized spacial score (nSPS) is 23.1. The second-order valence-electron chi connectivity index (χ2n) is 9.63. The molecule has 2 fully saturated rings. The zero-order valence-corrected chi connectivity index (χ0v) is 20.4. The quantitative estimate of drug-likeness (QED) is 0.289. The van der Waals surface area contributed by atoms with Gasteiger partial charge >= 0.3 is 6.18 Å². The van der Waals surface area contributed by atoms with Crippen molar-refractivity contribution >= 4 is 46.5 Å². The van der Waals surface area contributed by atoms with Crippen LogP contribution in [0.4, 0.5) is 35.9 Å². The number of nitro benzene ring substituents is 1. The number of rotatable bonds is 4. The Morgan fingerprint density at radius 2 is 1.50 bits per heavy atom. The Morgan fingerprint density at radius 3 is 2.17 bits per heavy atom. The number of carbonyl (C=O) groups excluding carboxylic acids is 3. The molecule has 3 heterocycles. The van der Waals surface area contributed by atoms with E-state index in [1.807, 2.05) is 0 Å². The Kier molecular flexibility index (Phi) is 5.71. The number of para-hydroxylation sites is 2. The van der Waals surface area contributed by atoms with Gasteiger partial charge in [0.1, 0.15) is 6.04 Å². The number of imide groups is 1. The van der Waals surface area contributed by atoms with Crippen LogP contribution in [0.15, 0.2) is 78.9 Å². The number of alkyl halides is 3. The van der Waals surface area contributed by atoms with Crippen LogP contribution in [-0.4, -0.2) is 34.7 Å². The number of halogens is 3. The molecule has 3 aromatic carbocycles. The summed E-state index contributed by atoms with van der Waals surface area (Å²) in [5.41, 5.74) is -0.357. The molecule has 1 N–H and O–H groups in total. The van der Waals surface area contributed by atoms with Crippen LogP contribution in [0.3, 0.4) is 0 Å². The molecule has 202 valence electrons. The highest BCUT2D eigenvalue weighted by Crippen LogP contribution is 2.50. The molecule has 0 radical (unpaired) electrons. The number of nitrogens with one attached hydrogen (secondary N) is 1. The smallest absolute Gasteiger partial charge is 0.351 e. The van der Waals surface area contributed by atoms with Gasteiger partial charge in [-0.15, -0.1) is 0 Å². The van der Waals surface area contributed by atoms with E-state index in [9.17, 15) is 37.7 Å². The molecule has 0 saturated carbocycles. The lowest BCUT2D eigenvalue weighted by molar-refractivity contribution is -0.384.